The number of alkyl halides is 2. The lowest BCUT2D eigenvalue weighted by molar-refractivity contribution is -0.140. The molecule has 4 N–H and O–H groups in total. The first-order valence-corrected chi connectivity index (χ1v) is 10.2. The Kier molecular flexibility index (Phi) is 10.1. The zero-order chi connectivity index (χ0) is 20.4. The molecule has 1 rings (SSSR count). The summed E-state index contributed by atoms with van der Waals surface area (Å²) in [7, 11) is 0. The highest BCUT2D eigenvalue weighted by Crippen LogP contribution is 2.23. The first-order valence-electron chi connectivity index (χ1n) is 7.97. The number of hydrogen-bond donors (Lipinski definition) is 4. The number of nitrogens with zero attached hydrogens (tertiary/aromatic N) is 1. The van der Waals surface area contributed by atoms with Gasteiger partial charge < -0.3 is 25.7 Å². The van der Waals surface area contributed by atoms with Crippen molar-refractivity contribution in [1.82, 2.24) is 5.32 Å². The molecule has 0 heterocycles. The van der Waals surface area contributed by atoms with Crippen molar-refractivity contribution in [2.24, 2.45) is 0 Å². The van der Waals surface area contributed by atoms with E-state index in [4.69, 9.17) is 10.2 Å². The molecule has 0 aromatic heterocycles. The fraction of sp³-hybridized carbons (Fsp3) is 0.438. The van der Waals surface area contributed by atoms with E-state index in [1.54, 1.807) is 0 Å². The predicted octanol–water partition coefficient (Wildman–Crippen LogP) is 2.86. The maximum absolute atomic E-state index is 14.4. The molecule has 0 radical (unpaired) electrons. The number of anilines is 2. The van der Waals surface area contributed by atoms with Crippen molar-refractivity contribution in [3.05, 3.63) is 24.0 Å². The number of carbonyl (C=O) groups excluding carboxylic acids is 1. The molecule has 27 heavy (non-hydrogen) atoms. The molecule has 0 aliphatic heterocycles. The first-order chi connectivity index (χ1) is 12.8. The Morgan fingerprint density at radius 1 is 1.15 bits per heavy atom. The number of carboxylic acid groups (broad SMARTS) is 2. The normalized spacial score (nSPS) is 11.5. The van der Waals surface area contributed by atoms with E-state index in [0.29, 0.717) is 29.4 Å². The van der Waals surface area contributed by atoms with Gasteiger partial charge in [-0.15, -0.1) is 0 Å². The Morgan fingerprint density at radius 3 is 2.26 bits per heavy atom. The van der Waals surface area contributed by atoms with Crippen LogP contribution in [0.25, 0.3) is 0 Å². The SMILES string of the molecule is O=C(O)CC[C@H](NC(=O)Nc1ccc(N(CCBr)CCBr)c(F)c1)C(=O)O. The predicted molar refractivity (Wildman–Crippen MR) is 107 cm³/mol. The van der Waals surface area contributed by atoms with E-state index in [0.717, 1.165) is 6.07 Å². The summed E-state index contributed by atoms with van der Waals surface area (Å²) in [5.41, 5.74) is 0.526. The van der Waals surface area contributed by atoms with Crippen molar-refractivity contribution < 1.29 is 29.0 Å². The molecule has 0 aliphatic rings. The molecule has 8 nitrogen and oxygen atoms in total. The van der Waals surface area contributed by atoms with Gasteiger partial charge >= 0.3 is 18.0 Å². The average molecular weight is 513 g/mol. The maximum atomic E-state index is 14.4. The first kappa shape index (κ1) is 23.2. The maximum Gasteiger partial charge on any atom is 0.326 e. The van der Waals surface area contributed by atoms with Gasteiger partial charge in [-0.3, -0.25) is 4.79 Å². The summed E-state index contributed by atoms with van der Waals surface area (Å²) in [5, 5.41) is 23.5. The summed E-state index contributed by atoms with van der Waals surface area (Å²) >= 11 is 6.63. The quantitative estimate of drug-likeness (QED) is 0.338. The van der Waals surface area contributed by atoms with Crippen LogP contribution >= 0.6 is 31.9 Å². The Bertz CT molecular complexity index is 671. The average Bonchev–Trinajstić information content (AvgIpc) is 2.58. The molecule has 11 heteroatoms. The minimum atomic E-state index is -1.36. The van der Waals surface area contributed by atoms with Crippen LogP contribution in [0.15, 0.2) is 18.2 Å². The van der Waals surface area contributed by atoms with E-state index in [1.807, 2.05) is 4.90 Å². The summed E-state index contributed by atoms with van der Waals surface area (Å²) in [6.07, 6.45) is -0.670. The van der Waals surface area contributed by atoms with Crippen LogP contribution in [-0.4, -0.2) is 58.0 Å². The lowest BCUT2D eigenvalue weighted by Crippen LogP contribution is -2.43. The standard InChI is InChI=1S/C16H20Br2FN3O5/c17-5-7-22(8-6-18)13-3-1-10(9-11(13)19)20-16(27)21-12(15(25)26)2-4-14(23)24/h1,3,9,12H,2,4-8H2,(H,23,24)(H,25,26)(H2,20,21,27)/t12-/m0/s1. The molecule has 0 saturated heterocycles. The van der Waals surface area contributed by atoms with E-state index in [9.17, 15) is 18.8 Å². The van der Waals surface area contributed by atoms with Crippen LogP contribution in [-0.2, 0) is 9.59 Å². The van der Waals surface area contributed by atoms with Gasteiger partial charge in [0.1, 0.15) is 11.9 Å². The molecule has 1 aromatic carbocycles. The summed E-state index contributed by atoms with van der Waals surface area (Å²) < 4.78 is 14.4. The third-order valence-corrected chi connectivity index (χ3v) is 4.21. The van der Waals surface area contributed by atoms with E-state index in [-0.39, 0.29) is 12.1 Å². The van der Waals surface area contributed by atoms with Crippen molar-refractivity contribution in [3.63, 3.8) is 0 Å². The molecule has 0 bridgehead atoms. The third-order valence-electron chi connectivity index (χ3n) is 3.51. The molecule has 0 spiro atoms. The van der Waals surface area contributed by atoms with Gasteiger partial charge in [0, 0.05) is 35.9 Å². The summed E-state index contributed by atoms with van der Waals surface area (Å²) in [5.74, 6) is -3.05. The molecule has 1 atom stereocenters. The second-order valence-corrected chi connectivity index (χ2v) is 7.04. The van der Waals surface area contributed by atoms with E-state index >= 15 is 0 Å². The van der Waals surface area contributed by atoms with Crippen LogP contribution in [0.2, 0.25) is 0 Å². The molecule has 0 aliphatic carbocycles. The molecule has 0 saturated carbocycles. The Balaban J connectivity index is 2.77. The molecule has 2 amide bonds. The van der Waals surface area contributed by atoms with E-state index < -0.39 is 36.2 Å². The Labute approximate surface area is 172 Å². The fourth-order valence-electron chi connectivity index (χ4n) is 2.25. The van der Waals surface area contributed by atoms with Crippen molar-refractivity contribution in [2.75, 3.05) is 34.0 Å². The van der Waals surface area contributed by atoms with Crippen LogP contribution < -0.4 is 15.5 Å². The zero-order valence-electron chi connectivity index (χ0n) is 14.3. The van der Waals surface area contributed by atoms with Gasteiger partial charge in [-0.2, -0.15) is 0 Å². The number of halogens is 3. The van der Waals surface area contributed by atoms with Crippen molar-refractivity contribution in [3.8, 4) is 0 Å². The number of carbonyl (C=O) groups is 3. The van der Waals surface area contributed by atoms with E-state index in [2.05, 4.69) is 42.5 Å². The van der Waals surface area contributed by atoms with Crippen LogP contribution in [0.5, 0.6) is 0 Å². The van der Waals surface area contributed by atoms with Gasteiger partial charge in [0.25, 0.3) is 0 Å². The molecular weight excluding hydrogens is 493 g/mol. The summed E-state index contributed by atoms with van der Waals surface area (Å²) in [6, 6.07) is 1.93. The van der Waals surface area contributed by atoms with Crippen molar-refractivity contribution >= 4 is 61.2 Å². The van der Waals surface area contributed by atoms with Gasteiger partial charge in [-0.25, -0.2) is 14.0 Å². The largest absolute Gasteiger partial charge is 0.481 e. The summed E-state index contributed by atoms with van der Waals surface area (Å²) in [4.78, 5) is 35.4. The Morgan fingerprint density at radius 2 is 1.78 bits per heavy atom. The zero-order valence-corrected chi connectivity index (χ0v) is 17.4. The van der Waals surface area contributed by atoms with Crippen molar-refractivity contribution in [2.45, 2.75) is 18.9 Å². The molecule has 0 fully saturated rings. The number of amides is 2. The number of urea groups is 1. The number of rotatable bonds is 11. The smallest absolute Gasteiger partial charge is 0.326 e. The Hall–Kier alpha value is -1.88. The second kappa shape index (κ2) is 11.8. The fourth-order valence-corrected chi connectivity index (χ4v) is 3.10. The number of carboxylic acids is 2. The van der Waals surface area contributed by atoms with Gasteiger partial charge in [0.2, 0.25) is 0 Å². The number of nitrogens with one attached hydrogen (secondary N) is 2. The molecule has 1 aromatic rings. The monoisotopic (exact) mass is 511 g/mol. The topological polar surface area (TPSA) is 119 Å². The lowest BCUT2D eigenvalue weighted by Gasteiger charge is -2.24. The number of benzene rings is 1. The summed E-state index contributed by atoms with van der Waals surface area (Å²) in [6.45, 7) is 1.19. The van der Waals surface area contributed by atoms with Crippen LogP contribution in [0, 0.1) is 5.82 Å². The number of hydrogen-bond acceptors (Lipinski definition) is 4. The number of aliphatic carboxylic acids is 2. The van der Waals surface area contributed by atoms with Gasteiger partial charge in [0.05, 0.1) is 5.69 Å². The lowest BCUT2D eigenvalue weighted by atomic mass is 10.1. The molecule has 0 unspecified atom stereocenters. The van der Waals surface area contributed by atoms with E-state index in [1.165, 1.54) is 12.1 Å². The minimum Gasteiger partial charge on any atom is -0.481 e. The second-order valence-electron chi connectivity index (χ2n) is 5.45. The van der Waals surface area contributed by atoms with Gasteiger partial charge in [0.15, 0.2) is 0 Å². The minimum absolute atomic E-state index is 0.147. The highest BCUT2D eigenvalue weighted by molar-refractivity contribution is 9.09. The highest BCUT2D eigenvalue weighted by Gasteiger charge is 2.21. The van der Waals surface area contributed by atoms with Crippen molar-refractivity contribution in [1.29, 1.82) is 0 Å². The highest BCUT2D eigenvalue weighted by atomic mass is 79.9. The molecule has 150 valence electrons. The van der Waals surface area contributed by atoms with Crippen LogP contribution in [0.4, 0.5) is 20.6 Å². The molecular formula is C16H20Br2FN3O5. The van der Waals surface area contributed by atoms with Crippen LogP contribution in [0.1, 0.15) is 12.8 Å². The van der Waals surface area contributed by atoms with Gasteiger partial charge in [-0.1, -0.05) is 31.9 Å². The third kappa shape index (κ3) is 8.12. The van der Waals surface area contributed by atoms with Crippen LogP contribution in [0.3, 0.4) is 0 Å². The van der Waals surface area contributed by atoms with Gasteiger partial charge in [-0.05, 0) is 24.6 Å².